The van der Waals surface area contributed by atoms with Crippen molar-refractivity contribution in [2.45, 2.75) is 17.9 Å². The summed E-state index contributed by atoms with van der Waals surface area (Å²) in [4.78, 5) is 10.8. The van der Waals surface area contributed by atoms with Crippen LogP contribution in [0.25, 0.3) is 0 Å². The second kappa shape index (κ2) is 3.78. The van der Waals surface area contributed by atoms with Crippen molar-refractivity contribution in [1.29, 1.82) is 0 Å². The van der Waals surface area contributed by atoms with E-state index >= 15 is 0 Å². The van der Waals surface area contributed by atoms with Crippen LogP contribution in [0.5, 0.6) is 0 Å². The molecule has 0 aromatic carbocycles. The molecule has 2 atom stereocenters. The Morgan fingerprint density at radius 2 is 2.64 bits per heavy atom. The van der Waals surface area contributed by atoms with Crippen LogP contribution in [0.2, 0.25) is 0 Å². The van der Waals surface area contributed by atoms with E-state index in [0.29, 0.717) is 0 Å². The molecule has 3 nitrogen and oxygen atoms in total. The van der Waals surface area contributed by atoms with Crippen LogP contribution in [0.4, 0.5) is 4.79 Å². The molecule has 1 saturated heterocycles. The van der Waals surface area contributed by atoms with E-state index in [1.165, 1.54) is 11.8 Å². The van der Waals surface area contributed by atoms with Gasteiger partial charge in [0.2, 0.25) is 0 Å². The first-order chi connectivity index (χ1) is 5.27. The molecule has 1 aliphatic rings. The molecule has 0 bridgehead atoms. The number of allylic oxidation sites excluding steroid dienone is 1. The Morgan fingerprint density at radius 3 is 3.18 bits per heavy atom. The van der Waals surface area contributed by atoms with E-state index in [2.05, 4.69) is 11.9 Å². The quantitative estimate of drug-likeness (QED) is 0.655. The van der Waals surface area contributed by atoms with Crippen molar-refractivity contribution < 1.29 is 9.53 Å². The van der Waals surface area contributed by atoms with E-state index in [9.17, 15) is 4.79 Å². The maximum atomic E-state index is 10.8. The highest BCUT2D eigenvalue weighted by Crippen LogP contribution is 2.26. The Labute approximate surface area is 70.2 Å². The highest BCUT2D eigenvalue weighted by molar-refractivity contribution is 8.14. The molecule has 4 heteroatoms. The minimum absolute atomic E-state index is 0.0105. The topological polar surface area (TPSA) is 38.3 Å². The summed E-state index contributed by atoms with van der Waals surface area (Å²) >= 11 is 1.28. The third kappa shape index (κ3) is 1.97. The zero-order valence-electron chi connectivity index (χ0n) is 6.37. The van der Waals surface area contributed by atoms with Gasteiger partial charge in [-0.1, -0.05) is 17.8 Å². The summed E-state index contributed by atoms with van der Waals surface area (Å²) in [6.45, 7) is 3.61. The van der Waals surface area contributed by atoms with Crippen LogP contribution < -0.4 is 5.32 Å². The molecular weight excluding hydrogens is 162 g/mol. The number of carbonyl (C=O) groups excluding carboxylic acids is 1. The summed E-state index contributed by atoms with van der Waals surface area (Å²) < 4.78 is 5.05. The van der Waals surface area contributed by atoms with E-state index in [0.717, 1.165) is 6.42 Å². The second-order valence-corrected chi connectivity index (χ2v) is 3.48. The SMILES string of the molecule is C=CCC1SC(=O)NC1OC. The van der Waals surface area contributed by atoms with Gasteiger partial charge >= 0.3 is 0 Å². The molecule has 0 aliphatic carbocycles. The fourth-order valence-electron chi connectivity index (χ4n) is 0.989. The zero-order valence-corrected chi connectivity index (χ0v) is 7.19. The summed E-state index contributed by atoms with van der Waals surface area (Å²) in [5.74, 6) is 0. The summed E-state index contributed by atoms with van der Waals surface area (Å²) in [6, 6.07) is 0. The van der Waals surface area contributed by atoms with Crippen molar-refractivity contribution in [3.63, 3.8) is 0 Å². The lowest BCUT2D eigenvalue weighted by Crippen LogP contribution is -2.32. The lowest BCUT2D eigenvalue weighted by Gasteiger charge is -2.13. The van der Waals surface area contributed by atoms with E-state index in [-0.39, 0.29) is 16.7 Å². The average molecular weight is 173 g/mol. The summed E-state index contributed by atoms with van der Waals surface area (Å²) in [7, 11) is 1.59. The van der Waals surface area contributed by atoms with Crippen molar-refractivity contribution in [1.82, 2.24) is 5.32 Å². The number of amides is 1. The molecule has 0 saturated carbocycles. The molecule has 2 unspecified atom stereocenters. The number of thioether (sulfide) groups is 1. The van der Waals surface area contributed by atoms with Crippen LogP contribution in [0.1, 0.15) is 6.42 Å². The Balaban J connectivity index is 2.49. The Hall–Kier alpha value is -0.480. The van der Waals surface area contributed by atoms with E-state index < -0.39 is 0 Å². The van der Waals surface area contributed by atoms with Gasteiger partial charge in [-0.05, 0) is 6.42 Å². The van der Waals surface area contributed by atoms with Gasteiger partial charge in [-0.15, -0.1) is 6.58 Å². The number of hydrogen-bond acceptors (Lipinski definition) is 3. The van der Waals surface area contributed by atoms with Crippen LogP contribution in [0.15, 0.2) is 12.7 Å². The molecule has 0 spiro atoms. The van der Waals surface area contributed by atoms with E-state index in [1.807, 2.05) is 0 Å². The van der Waals surface area contributed by atoms with Crippen molar-refractivity contribution in [3.8, 4) is 0 Å². The average Bonchev–Trinajstić information content (AvgIpc) is 2.32. The monoisotopic (exact) mass is 173 g/mol. The first-order valence-corrected chi connectivity index (χ1v) is 4.26. The van der Waals surface area contributed by atoms with Gasteiger partial charge in [-0.3, -0.25) is 4.79 Å². The number of nitrogens with one attached hydrogen (secondary N) is 1. The van der Waals surface area contributed by atoms with Gasteiger partial charge in [0.05, 0.1) is 5.25 Å². The van der Waals surface area contributed by atoms with Crippen LogP contribution >= 0.6 is 11.8 Å². The van der Waals surface area contributed by atoms with E-state index in [4.69, 9.17) is 4.74 Å². The molecule has 11 heavy (non-hydrogen) atoms. The molecule has 1 fully saturated rings. The number of carbonyl (C=O) groups is 1. The highest BCUT2D eigenvalue weighted by atomic mass is 32.2. The first-order valence-electron chi connectivity index (χ1n) is 3.38. The standard InChI is InChI=1S/C7H11NO2S/c1-3-4-5-6(10-2)8-7(9)11-5/h3,5-6H,1,4H2,2H3,(H,8,9). The molecule has 62 valence electrons. The van der Waals surface area contributed by atoms with Crippen molar-refractivity contribution in [3.05, 3.63) is 12.7 Å². The highest BCUT2D eigenvalue weighted by Gasteiger charge is 2.31. The number of rotatable bonds is 3. The van der Waals surface area contributed by atoms with Crippen molar-refractivity contribution >= 4 is 17.0 Å². The maximum Gasteiger partial charge on any atom is 0.281 e. The van der Waals surface area contributed by atoms with Gasteiger partial charge in [0, 0.05) is 7.11 Å². The summed E-state index contributed by atoms with van der Waals surface area (Å²) in [6.07, 6.45) is 2.44. The van der Waals surface area contributed by atoms with E-state index in [1.54, 1.807) is 13.2 Å². The molecular formula is C7H11NO2S. The van der Waals surface area contributed by atoms with Crippen LogP contribution in [0, 0.1) is 0 Å². The Morgan fingerprint density at radius 1 is 1.91 bits per heavy atom. The molecule has 1 amide bonds. The van der Waals surface area contributed by atoms with Gasteiger partial charge in [0.1, 0.15) is 6.23 Å². The Kier molecular flexibility index (Phi) is 2.96. The normalized spacial score (nSPS) is 30.1. The second-order valence-electron chi connectivity index (χ2n) is 2.27. The molecule has 1 N–H and O–H groups in total. The number of methoxy groups -OCH3 is 1. The fraction of sp³-hybridized carbons (Fsp3) is 0.571. The summed E-state index contributed by atoms with van der Waals surface area (Å²) in [5, 5.41) is 2.87. The van der Waals surface area contributed by atoms with Gasteiger partial charge in [-0.2, -0.15) is 0 Å². The number of ether oxygens (including phenoxy) is 1. The lowest BCUT2D eigenvalue weighted by molar-refractivity contribution is 0.0886. The smallest absolute Gasteiger partial charge is 0.281 e. The third-order valence-electron chi connectivity index (χ3n) is 1.51. The molecule has 1 aliphatic heterocycles. The van der Waals surface area contributed by atoms with Gasteiger partial charge in [-0.25, -0.2) is 0 Å². The third-order valence-corrected chi connectivity index (χ3v) is 2.58. The zero-order chi connectivity index (χ0) is 8.27. The Bertz CT molecular complexity index is 172. The van der Waals surface area contributed by atoms with Gasteiger partial charge in [0.25, 0.3) is 5.24 Å². The summed E-state index contributed by atoms with van der Waals surface area (Å²) in [5.41, 5.74) is 0. The molecule has 1 heterocycles. The van der Waals surface area contributed by atoms with Crippen LogP contribution in [-0.4, -0.2) is 23.8 Å². The molecule has 1 rings (SSSR count). The predicted octanol–water partition coefficient (Wildman–Crippen LogP) is 1.36. The number of hydrogen-bond donors (Lipinski definition) is 1. The largest absolute Gasteiger partial charge is 0.361 e. The van der Waals surface area contributed by atoms with Gasteiger partial charge < -0.3 is 10.1 Å². The van der Waals surface area contributed by atoms with Crippen molar-refractivity contribution in [2.24, 2.45) is 0 Å². The van der Waals surface area contributed by atoms with Crippen LogP contribution in [0.3, 0.4) is 0 Å². The maximum absolute atomic E-state index is 10.8. The molecule has 0 radical (unpaired) electrons. The first kappa shape index (κ1) is 8.62. The van der Waals surface area contributed by atoms with Crippen molar-refractivity contribution in [2.75, 3.05) is 7.11 Å². The predicted molar refractivity (Wildman–Crippen MR) is 45.5 cm³/mol. The lowest BCUT2D eigenvalue weighted by atomic mass is 10.3. The van der Waals surface area contributed by atoms with Crippen LogP contribution in [-0.2, 0) is 4.74 Å². The minimum atomic E-state index is -0.148. The molecule has 0 aromatic rings. The fourth-order valence-corrected chi connectivity index (χ4v) is 1.98. The van der Waals surface area contributed by atoms with Gasteiger partial charge in [0.15, 0.2) is 0 Å². The minimum Gasteiger partial charge on any atom is -0.361 e. The molecule has 0 aromatic heterocycles.